The number of amides is 1. The molecular weight excluding hydrogens is 286 g/mol. The summed E-state index contributed by atoms with van der Waals surface area (Å²) < 4.78 is 5.29. The highest BCUT2D eigenvalue weighted by Crippen LogP contribution is 2.35. The van der Waals surface area contributed by atoms with Gasteiger partial charge in [-0.3, -0.25) is 4.79 Å². The van der Waals surface area contributed by atoms with Crippen molar-refractivity contribution in [3.63, 3.8) is 0 Å². The molecule has 0 radical (unpaired) electrons. The van der Waals surface area contributed by atoms with E-state index in [-0.39, 0.29) is 11.8 Å². The van der Waals surface area contributed by atoms with Crippen molar-refractivity contribution >= 4 is 23.2 Å². The zero-order chi connectivity index (χ0) is 15.6. The molecule has 1 amide bonds. The van der Waals surface area contributed by atoms with Crippen molar-refractivity contribution in [2.24, 2.45) is 0 Å². The molecule has 1 aromatic rings. The molecule has 0 spiro atoms. The van der Waals surface area contributed by atoms with Gasteiger partial charge in [0.2, 0.25) is 5.91 Å². The van der Waals surface area contributed by atoms with Gasteiger partial charge < -0.3 is 10.1 Å². The van der Waals surface area contributed by atoms with E-state index in [0.717, 1.165) is 24.8 Å². The first-order valence-corrected chi connectivity index (χ1v) is 8.25. The average Bonchev–Trinajstić information content (AvgIpc) is 2.84. The van der Waals surface area contributed by atoms with Gasteiger partial charge in [-0.1, -0.05) is 0 Å². The number of hydrogen-bond acceptors (Lipinski definition) is 4. The highest BCUT2D eigenvalue weighted by Gasteiger charge is 2.30. The van der Waals surface area contributed by atoms with Crippen molar-refractivity contribution in [2.75, 3.05) is 0 Å². The van der Waals surface area contributed by atoms with Crippen LogP contribution in [-0.2, 0) is 20.7 Å². The monoisotopic (exact) mass is 309 g/mol. The van der Waals surface area contributed by atoms with E-state index in [1.165, 1.54) is 4.88 Å². The van der Waals surface area contributed by atoms with E-state index in [1.54, 1.807) is 18.3 Å². The van der Waals surface area contributed by atoms with Gasteiger partial charge in [-0.25, -0.2) is 4.79 Å². The molecule has 1 aliphatic carbocycles. The van der Waals surface area contributed by atoms with E-state index >= 15 is 0 Å². The van der Waals surface area contributed by atoms with Gasteiger partial charge in [0, 0.05) is 4.88 Å². The summed E-state index contributed by atoms with van der Waals surface area (Å²) in [5.74, 6) is -0.602. The van der Waals surface area contributed by atoms with Gasteiger partial charge in [0.15, 0.2) is 0 Å². The Kier molecular flexibility index (Phi) is 4.71. The molecular formula is C16H23NO3S. The van der Waals surface area contributed by atoms with Gasteiger partial charge in [0.05, 0.1) is 5.92 Å². The fraction of sp³-hybridized carbons (Fsp3) is 0.625. The second kappa shape index (κ2) is 6.18. The largest absolute Gasteiger partial charge is 0.458 e. The lowest BCUT2D eigenvalue weighted by Crippen LogP contribution is -2.44. The van der Waals surface area contributed by atoms with Crippen molar-refractivity contribution in [3.05, 3.63) is 21.9 Å². The van der Waals surface area contributed by atoms with Crippen molar-refractivity contribution in [1.29, 1.82) is 0 Å². The molecule has 0 saturated carbocycles. The van der Waals surface area contributed by atoms with Crippen LogP contribution in [0.4, 0.5) is 0 Å². The van der Waals surface area contributed by atoms with Crippen LogP contribution >= 0.6 is 11.3 Å². The Morgan fingerprint density at radius 1 is 1.43 bits per heavy atom. The van der Waals surface area contributed by atoms with Gasteiger partial charge >= 0.3 is 5.97 Å². The van der Waals surface area contributed by atoms with Gasteiger partial charge in [-0.2, -0.15) is 0 Å². The highest BCUT2D eigenvalue weighted by atomic mass is 32.1. The number of nitrogens with one attached hydrogen (secondary N) is 1. The van der Waals surface area contributed by atoms with Crippen molar-refractivity contribution in [3.8, 4) is 0 Å². The summed E-state index contributed by atoms with van der Waals surface area (Å²) in [5.41, 5.74) is 0.585. The first-order valence-electron chi connectivity index (χ1n) is 7.37. The summed E-state index contributed by atoms with van der Waals surface area (Å²) in [5, 5.41) is 4.83. The summed E-state index contributed by atoms with van der Waals surface area (Å²) in [6, 6.07) is 1.40. The lowest BCUT2D eigenvalue weighted by atomic mass is 9.87. The third kappa shape index (κ3) is 4.06. The molecule has 0 bridgehead atoms. The third-order valence-electron chi connectivity index (χ3n) is 3.49. The first-order chi connectivity index (χ1) is 9.78. The second-order valence-electron chi connectivity index (χ2n) is 6.51. The molecule has 2 rings (SSSR count). The van der Waals surface area contributed by atoms with Crippen LogP contribution in [0.5, 0.6) is 0 Å². The fourth-order valence-corrected chi connectivity index (χ4v) is 3.51. The standard InChI is InChI=1S/C16H23NO3S/c1-10(15(19)20-16(2,3)4)17-14(18)12-6-5-7-13-11(12)8-9-21-13/h8-10,12H,5-7H2,1-4H3,(H,17,18)/t10-,12?/m1/s1. The average molecular weight is 309 g/mol. The maximum atomic E-state index is 12.4. The minimum atomic E-state index is -0.624. The topological polar surface area (TPSA) is 55.4 Å². The third-order valence-corrected chi connectivity index (χ3v) is 4.48. The van der Waals surface area contributed by atoms with Crippen LogP contribution in [0, 0.1) is 0 Å². The Labute approximate surface area is 129 Å². The Hall–Kier alpha value is -1.36. The maximum absolute atomic E-state index is 12.4. The molecule has 5 heteroatoms. The number of fused-ring (bicyclic) bond motifs is 1. The normalized spacial score (nSPS) is 19.5. The number of aryl methyl sites for hydroxylation is 1. The molecule has 0 saturated heterocycles. The van der Waals surface area contributed by atoms with Gasteiger partial charge in [0.25, 0.3) is 0 Å². The zero-order valence-electron chi connectivity index (χ0n) is 13.1. The van der Waals surface area contributed by atoms with Gasteiger partial charge in [0.1, 0.15) is 11.6 Å². The number of thiophene rings is 1. The molecule has 2 atom stereocenters. The van der Waals surface area contributed by atoms with Crippen LogP contribution in [0.2, 0.25) is 0 Å². The molecule has 0 fully saturated rings. The number of hydrogen-bond donors (Lipinski definition) is 1. The van der Waals surface area contributed by atoms with E-state index in [9.17, 15) is 9.59 Å². The smallest absolute Gasteiger partial charge is 0.328 e. The predicted octanol–water partition coefficient (Wildman–Crippen LogP) is 3.01. The minimum Gasteiger partial charge on any atom is -0.458 e. The summed E-state index contributed by atoms with van der Waals surface area (Å²) in [7, 11) is 0. The SMILES string of the molecule is C[C@@H](NC(=O)C1CCCc2sccc21)C(=O)OC(C)(C)C. The Balaban J connectivity index is 1.98. The van der Waals surface area contributed by atoms with Crippen LogP contribution < -0.4 is 5.32 Å². The second-order valence-corrected chi connectivity index (χ2v) is 7.51. The molecule has 0 aromatic carbocycles. The van der Waals surface area contributed by atoms with Crippen molar-refractivity contribution < 1.29 is 14.3 Å². The molecule has 1 unspecified atom stereocenters. The summed E-state index contributed by atoms with van der Waals surface area (Å²) in [6.45, 7) is 7.12. The van der Waals surface area contributed by atoms with Crippen LogP contribution in [0.25, 0.3) is 0 Å². The first kappa shape index (κ1) is 16.0. The van der Waals surface area contributed by atoms with Crippen LogP contribution in [0.15, 0.2) is 11.4 Å². The summed E-state index contributed by atoms with van der Waals surface area (Å²) in [4.78, 5) is 25.7. The van der Waals surface area contributed by atoms with Crippen molar-refractivity contribution in [2.45, 2.75) is 64.5 Å². The van der Waals surface area contributed by atoms with E-state index in [4.69, 9.17) is 4.74 Å². The quantitative estimate of drug-likeness (QED) is 0.873. The number of ether oxygens (including phenoxy) is 1. The van der Waals surface area contributed by atoms with Crippen LogP contribution in [-0.4, -0.2) is 23.5 Å². The zero-order valence-corrected chi connectivity index (χ0v) is 13.9. The maximum Gasteiger partial charge on any atom is 0.328 e. The predicted molar refractivity (Wildman–Crippen MR) is 83.4 cm³/mol. The van der Waals surface area contributed by atoms with E-state index < -0.39 is 17.6 Å². The number of carbonyl (C=O) groups is 2. The molecule has 4 nitrogen and oxygen atoms in total. The molecule has 1 aromatic heterocycles. The Bertz CT molecular complexity index is 530. The van der Waals surface area contributed by atoms with E-state index in [0.29, 0.717) is 0 Å². The Morgan fingerprint density at radius 3 is 2.81 bits per heavy atom. The molecule has 116 valence electrons. The molecule has 21 heavy (non-hydrogen) atoms. The lowest BCUT2D eigenvalue weighted by Gasteiger charge is -2.25. The number of carbonyl (C=O) groups excluding carboxylic acids is 2. The van der Waals surface area contributed by atoms with Gasteiger partial charge in [-0.05, 0) is 64.0 Å². The molecule has 1 N–H and O–H groups in total. The Morgan fingerprint density at radius 2 is 2.14 bits per heavy atom. The van der Waals surface area contributed by atoms with Crippen LogP contribution in [0.1, 0.15) is 56.9 Å². The molecule has 1 heterocycles. The molecule has 1 aliphatic rings. The van der Waals surface area contributed by atoms with Crippen LogP contribution in [0.3, 0.4) is 0 Å². The van der Waals surface area contributed by atoms with E-state index in [2.05, 4.69) is 5.32 Å². The van der Waals surface area contributed by atoms with Crippen molar-refractivity contribution in [1.82, 2.24) is 5.32 Å². The fourth-order valence-electron chi connectivity index (χ4n) is 2.52. The molecule has 0 aliphatic heterocycles. The lowest BCUT2D eigenvalue weighted by molar-refractivity contribution is -0.158. The number of rotatable bonds is 3. The summed E-state index contributed by atoms with van der Waals surface area (Å²) >= 11 is 1.71. The highest BCUT2D eigenvalue weighted by molar-refractivity contribution is 7.10. The van der Waals surface area contributed by atoms with Gasteiger partial charge in [-0.15, -0.1) is 11.3 Å². The minimum absolute atomic E-state index is 0.0762. The summed E-state index contributed by atoms with van der Waals surface area (Å²) in [6.07, 6.45) is 2.92. The number of esters is 1. The van der Waals surface area contributed by atoms with E-state index in [1.807, 2.05) is 32.2 Å².